The van der Waals surface area contributed by atoms with Crippen LogP contribution in [0.5, 0.6) is 0 Å². The van der Waals surface area contributed by atoms with E-state index in [-0.39, 0.29) is 0 Å². The van der Waals surface area contributed by atoms with Gasteiger partial charge >= 0.3 is 0 Å². The lowest BCUT2D eigenvalue weighted by Crippen LogP contribution is -2.19. The minimum absolute atomic E-state index is 0.705. The standard InChI is InChI=1S/C16H32Si/c1-8-12-14(9-2)16(11-4)15(10-3)13-17(5,6)7/h12-13,16H,8-11H2,1-7H3/b14-12+,15-13+. The van der Waals surface area contributed by atoms with Crippen LogP contribution in [0.1, 0.15) is 53.4 Å². The molecule has 0 spiro atoms. The molecule has 0 aromatic heterocycles. The van der Waals surface area contributed by atoms with Crippen molar-refractivity contribution in [3.05, 3.63) is 22.9 Å². The van der Waals surface area contributed by atoms with Crippen molar-refractivity contribution in [2.24, 2.45) is 5.92 Å². The van der Waals surface area contributed by atoms with Crippen molar-refractivity contribution in [3.63, 3.8) is 0 Å². The van der Waals surface area contributed by atoms with Gasteiger partial charge in [0.2, 0.25) is 0 Å². The van der Waals surface area contributed by atoms with Crippen LogP contribution in [0.25, 0.3) is 0 Å². The van der Waals surface area contributed by atoms with Crippen molar-refractivity contribution in [2.75, 3.05) is 0 Å². The summed E-state index contributed by atoms with van der Waals surface area (Å²) < 4.78 is 0. The average Bonchev–Trinajstić information content (AvgIpc) is 2.25. The molecule has 0 amide bonds. The molecule has 0 N–H and O–H groups in total. The van der Waals surface area contributed by atoms with Gasteiger partial charge < -0.3 is 0 Å². The molecule has 17 heavy (non-hydrogen) atoms. The van der Waals surface area contributed by atoms with Gasteiger partial charge in [-0.25, -0.2) is 0 Å². The van der Waals surface area contributed by atoms with E-state index in [2.05, 4.69) is 59.1 Å². The summed E-state index contributed by atoms with van der Waals surface area (Å²) in [5.74, 6) is 0.705. The van der Waals surface area contributed by atoms with Gasteiger partial charge in [-0.15, -0.1) is 0 Å². The monoisotopic (exact) mass is 252 g/mol. The molecule has 0 aromatic rings. The summed E-state index contributed by atoms with van der Waals surface area (Å²) in [6.45, 7) is 16.5. The fourth-order valence-corrected chi connectivity index (χ4v) is 4.08. The first-order valence-electron chi connectivity index (χ1n) is 7.30. The molecule has 0 fully saturated rings. The fraction of sp³-hybridized carbons (Fsp3) is 0.750. The van der Waals surface area contributed by atoms with E-state index in [0.717, 1.165) is 0 Å². The molecule has 0 saturated carbocycles. The van der Waals surface area contributed by atoms with Crippen molar-refractivity contribution in [3.8, 4) is 0 Å². The van der Waals surface area contributed by atoms with E-state index in [1.165, 1.54) is 25.7 Å². The van der Waals surface area contributed by atoms with Crippen molar-refractivity contribution in [1.29, 1.82) is 0 Å². The molecule has 1 unspecified atom stereocenters. The molecule has 1 heteroatoms. The lowest BCUT2D eigenvalue weighted by Gasteiger charge is -2.24. The third-order valence-corrected chi connectivity index (χ3v) is 4.44. The molecule has 0 nitrogen and oxygen atoms in total. The first kappa shape index (κ1) is 16.7. The molecular weight excluding hydrogens is 220 g/mol. The molecule has 0 rings (SSSR count). The molecule has 0 saturated heterocycles. The zero-order chi connectivity index (χ0) is 13.5. The topological polar surface area (TPSA) is 0 Å². The largest absolute Gasteiger partial charge is 0.0952 e. The van der Waals surface area contributed by atoms with Gasteiger partial charge in [0.05, 0.1) is 8.07 Å². The van der Waals surface area contributed by atoms with E-state index in [1.54, 1.807) is 11.1 Å². The molecule has 0 aromatic carbocycles. The first-order chi connectivity index (χ1) is 7.89. The Morgan fingerprint density at radius 3 is 1.76 bits per heavy atom. The Kier molecular flexibility index (Phi) is 7.77. The Hall–Kier alpha value is -0.303. The maximum absolute atomic E-state index is 2.63. The summed E-state index contributed by atoms with van der Waals surface area (Å²) in [5.41, 5.74) is 5.97. The van der Waals surface area contributed by atoms with Crippen LogP contribution in [-0.4, -0.2) is 8.07 Å². The second kappa shape index (κ2) is 7.92. The fourth-order valence-electron chi connectivity index (χ4n) is 2.56. The van der Waals surface area contributed by atoms with Crippen LogP contribution in [0.3, 0.4) is 0 Å². The second-order valence-electron chi connectivity index (χ2n) is 5.94. The van der Waals surface area contributed by atoms with Gasteiger partial charge in [-0.2, -0.15) is 0 Å². The lowest BCUT2D eigenvalue weighted by molar-refractivity contribution is 0.637. The van der Waals surface area contributed by atoms with E-state index in [4.69, 9.17) is 0 Å². The second-order valence-corrected chi connectivity index (χ2v) is 11.0. The van der Waals surface area contributed by atoms with Crippen LogP contribution in [0.2, 0.25) is 19.6 Å². The first-order valence-corrected chi connectivity index (χ1v) is 10.9. The quantitative estimate of drug-likeness (QED) is 0.386. The third-order valence-electron chi connectivity index (χ3n) is 3.20. The summed E-state index contributed by atoms with van der Waals surface area (Å²) in [6, 6.07) is 0. The van der Waals surface area contributed by atoms with Crippen LogP contribution in [0, 0.1) is 5.92 Å². The smallest absolute Gasteiger partial charge is 0.0686 e. The minimum Gasteiger partial charge on any atom is -0.0952 e. The van der Waals surface area contributed by atoms with Gasteiger partial charge in [0.1, 0.15) is 0 Å². The van der Waals surface area contributed by atoms with Crippen molar-refractivity contribution >= 4 is 8.07 Å². The predicted molar refractivity (Wildman–Crippen MR) is 84.2 cm³/mol. The number of hydrogen-bond donors (Lipinski definition) is 0. The minimum atomic E-state index is -1.09. The van der Waals surface area contributed by atoms with E-state index in [0.29, 0.717) is 5.92 Å². The predicted octanol–water partition coefficient (Wildman–Crippen LogP) is 5.97. The lowest BCUT2D eigenvalue weighted by atomic mass is 9.86. The van der Waals surface area contributed by atoms with Crippen molar-refractivity contribution in [1.82, 2.24) is 0 Å². The Labute approximate surface area is 110 Å². The van der Waals surface area contributed by atoms with Crippen LogP contribution in [0.4, 0.5) is 0 Å². The molecule has 0 aliphatic rings. The Morgan fingerprint density at radius 2 is 1.47 bits per heavy atom. The zero-order valence-corrected chi connectivity index (χ0v) is 14.1. The van der Waals surface area contributed by atoms with Gasteiger partial charge in [-0.3, -0.25) is 0 Å². The molecule has 0 aliphatic carbocycles. The highest BCUT2D eigenvalue weighted by molar-refractivity contribution is 6.81. The highest BCUT2D eigenvalue weighted by Crippen LogP contribution is 2.30. The molecular formula is C16H32Si. The molecule has 0 radical (unpaired) electrons. The molecule has 100 valence electrons. The van der Waals surface area contributed by atoms with Crippen LogP contribution in [0.15, 0.2) is 22.9 Å². The van der Waals surface area contributed by atoms with Crippen molar-refractivity contribution in [2.45, 2.75) is 73.0 Å². The van der Waals surface area contributed by atoms with E-state index >= 15 is 0 Å². The summed E-state index contributed by atoms with van der Waals surface area (Å²) in [4.78, 5) is 0. The van der Waals surface area contributed by atoms with Crippen LogP contribution < -0.4 is 0 Å². The number of hydrogen-bond acceptors (Lipinski definition) is 0. The van der Waals surface area contributed by atoms with E-state index in [1.807, 2.05) is 0 Å². The molecule has 0 aliphatic heterocycles. The molecule has 1 atom stereocenters. The van der Waals surface area contributed by atoms with Crippen molar-refractivity contribution < 1.29 is 0 Å². The normalized spacial score (nSPS) is 16.2. The third kappa shape index (κ3) is 6.26. The maximum Gasteiger partial charge on any atom is 0.0686 e. The van der Waals surface area contributed by atoms with Gasteiger partial charge in [0.25, 0.3) is 0 Å². The van der Waals surface area contributed by atoms with Gasteiger partial charge in [0.15, 0.2) is 0 Å². The van der Waals surface area contributed by atoms with E-state index in [9.17, 15) is 0 Å². The van der Waals surface area contributed by atoms with Gasteiger partial charge in [-0.05, 0) is 25.7 Å². The van der Waals surface area contributed by atoms with Crippen LogP contribution in [-0.2, 0) is 0 Å². The average molecular weight is 253 g/mol. The molecule has 0 heterocycles. The van der Waals surface area contributed by atoms with Gasteiger partial charge in [-0.1, -0.05) is 70.3 Å². The SMILES string of the molecule is CC/C=C(\CC)C(CC)/C(=C/[Si](C)(C)C)CC. The zero-order valence-electron chi connectivity index (χ0n) is 13.1. The summed E-state index contributed by atoms with van der Waals surface area (Å²) in [7, 11) is -1.09. The summed E-state index contributed by atoms with van der Waals surface area (Å²) in [5, 5.41) is 0. The summed E-state index contributed by atoms with van der Waals surface area (Å²) >= 11 is 0. The Bertz CT molecular complexity index is 266. The van der Waals surface area contributed by atoms with E-state index < -0.39 is 8.07 Å². The van der Waals surface area contributed by atoms with Gasteiger partial charge in [0, 0.05) is 5.92 Å². The highest BCUT2D eigenvalue weighted by Gasteiger charge is 2.18. The Morgan fingerprint density at radius 1 is 0.941 bits per heavy atom. The highest BCUT2D eigenvalue weighted by atomic mass is 28.3. The molecule has 0 bridgehead atoms. The van der Waals surface area contributed by atoms with Crippen LogP contribution >= 0.6 is 0 Å². The number of allylic oxidation sites excluding steroid dienone is 3. The Balaban J connectivity index is 5.20. The summed E-state index contributed by atoms with van der Waals surface area (Å²) in [6.07, 6.45) is 7.29. The maximum atomic E-state index is 2.63. The number of rotatable bonds is 7.